The van der Waals surface area contributed by atoms with Gasteiger partial charge in [0, 0.05) is 12.0 Å². The van der Waals surface area contributed by atoms with Crippen LogP contribution in [0.3, 0.4) is 0 Å². The first-order chi connectivity index (χ1) is 18.9. The van der Waals surface area contributed by atoms with Gasteiger partial charge in [0.1, 0.15) is 25.0 Å². The predicted molar refractivity (Wildman–Crippen MR) is 164 cm³/mol. The Labute approximate surface area is 239 Å². The number of carbonyl (C=O) groups excluding carboxylic acids is 1. The molecule has 2 atom stereocenters. The molecular weight excluding hydrogens is 482 g/mol. The van der Waals surface area contributed by atoms with Crippen molar-refractivity contribution in [2.45, 2.75) is 123 Å². The first-order valence-electron chi connectivity index (χ1n) is 15.7. The van der Waals surface area contributed by atoms with Crippen LogP contribution in [0.25, 0.3) is 0 Å². The number of quaternary nitrogens is 1. The fourth-order valence-electron chi connectivity index (χ4n) is 5.33. The molecule has 2 rings (SSSR count). The molecule has 0 bridgehead atoms. The molecule has 0 saturated heterocycles. The van der Waals surface area contributed by atoms with Crippen LogP contribution < -0.4 is 4.74 Å². The van der Waals surface area contributed by atoms with Crippen molar-refractivity contribution < 1.29 is 18.8 Å². The largest absolute Gasteiger partial charge is 0.487 e. The summed E-state index contributed by atoms with van der Waals surface area (Å²) in [5.41, 5.74) is 2.49. The van der Waals surface area contributed by atoms with Gasteiger partial charge in [0.25, 0.3) is 0 Å². The fraction of sp³-hybridized carbons (Fsp3) is 0.629. The van der Waals surface area contributed by atoms with Crippen LogP contribution in [0.15, 0.2) is 54.6 Å². The first kappa shape index (κ1) is 32.9. The molecule has 0 fully saturated rings. The second kappa shape index (κ2) is 18.9. The summed E-state index contributed by atoms with van der Waals surface area (Å²) in [6.45, 7) is 7.58. The number of likely N-dealkylation sites (N-methyl/N-ethyl adjacent to an activating group) is 1. The van der Waals surface area contributed by atoms with Crippen LogP contribution in [0.5, 0.6) is 5.75 Å². The minimum absolute atomic E-state index is 0.122. The van der Waals surface area contributed by atoms with Crippen molar-refractivity contribution in [1.29, 1.82) is 0 Å². The zero-order valence-corrected chi connectivity index (χ0v) is 25.6. The molecule has 4 nitrogen and oxygen atoms in total. The lowest BCUT2D eigenvalue weighted by atomic mass is 10.0. The van der Waals surface area contributed by atoms with Crippen molar-refractivity contribution in [3.63, 3.8) is 0 Å². The highest BCUT2D eigenvalue weighted by Crippen LogP contribution is 2.24. The highest BCUT2D eigenvalue weighted by molar-refractivity contribution is 5.74. The molecule has 0 amide bonds. The Morgan fingerprint density at radius 1 is 0.769 bits per heavy atom. The van der Waals surface area contributed by atoms with Gasteiger partial charge in [-0.3, -0.25) is 0 Å². The Kier molecular flexibility index (Phi) is 15.9. The molecule has 2 aromatic rings. The van der Waals surface area contributed by atoms with Crippen molar-refractivity contribution in [3.8, 4) is 5.75 Å². The molecule has 0 aliphatic carbocycles. The Bertz CT molecular complexity index is 911. The Morgan fingerprint density at radius 2 is 1.38 bits per heavy atom. The molecule has 2 aromatic carbocycles. The standard InChI is InChI=1S/C35H56NO3/c1-6-9-10-11-12-13-14-15-19-25-31-26-20-21-27-34(31)39-32(8-3)29-38-35(37)33(22-7-2)36(4,5)28-30-23-17-16-18-24-30/h16-18,20-21,23-24,26-27,32-33H,6-15,19,22,25,28-29H2,1-5H3/q+1. The zero-order chi connectivity index (χ0) is 28.3. The van der Waals surface area contributed by atoms with E-state index in [0.717, 1.165) is 38.0 Å². The first-order valence-corrected chi connectivity index (χ1v) is 15.7. The number of benzene rings is 2. The van der Waals surface area contributed by atoms with Gasteiger partial charge >= 0.3 is 5.97 Å². The molecule has 39 heavy (non-hydrogen) atoms. The quantitative estimate of drug-likeness (QED) is 0.0904. The van der Waals surface area contributed by atoms with Gasteiger partial charge in [0.2, 0.25) is 0 Å². The fourth-order valence-corrected chi connectivity index (χ4v) is 5.33. The summed E-state index contributed by atoms with van der Waals surface area (Å²) in [6, 6.07) is 18.6. The van der Waals surface area contributed by atoms with Crippen LogP contribution >= 0.6 is 0 Å². The molecule has 2 unspecified atom stereocenters. The lowest BCUT2D eigenvalue weighted by molar-refractivity contribution is -0.920. The number of para-hydroxylation sites is 1. The van der Waals surface area contributed by atoms with Crippen LogP contribution in [0.1, 0.15) is 109 Å². The number of hydrogen-bond donors (Lipinski definition) is 0. The Morgan fingerprint density at radius 3 is 2.03 bits per heavy atom. The van der Waals surface area contributed by atoms with Crippen molar-refractivity contribution in [1.82, 2.24) is 0 Å². The summed E-state index contributed by atoms with van der Waals surface area (Å²) >= 11 is 0. The monoisotopic (exact) mass is 538 g/mol. The maximum Gasteiger partial charge on any atom is 0.365 e. The highest BCUT2D eigenvalue weighted by Gasteiger charge is 2.36. The minimum Gasteiger partial charge on any atom is -0.487 e. The Hall–Kier alpha value is -2.33. The van der Waals surface area contributed by atoms with Gasteiger partial charge in [-0.15, -0.1) is 0 Å². The molecular formula is C35H56NO3+. The van der Waals surface area contributed by atoms with Gasteiger partial charge in [-0.05, 0) is 37.3 Å². The van der Waals surface area contributed by atoms with E-state index in [2.05, 4.69) is 77.3 Å². The summed E-state index contributed by atoms with van der Waals surface area (Å²) in [7, 11) is 4.26. The van der Waals surface area contributed by atoms with E-state index >= 15 is 0 Å². The van der Waals surface area contributed by atoms with E-state index in [-0.39, 0.29) is 24.7 Å². The molecule has 0 N–H and O–H groups in total. The second-order valence-corrected chi connectivity index (χ2v) is 11.7. The topological polar surface area (TPSA) is 35.5 Å². The summed E-state index contributed by atoms with van der Waals surface area (Å²) in [5.74, 6) is 0.813. The molecule has 0 saturated carbocycles. The van der Waals surface area contributed by atoms with Crippen molar-refractivity contribution >= 4 is 5.97 Å². The number of nitrogens with zero attached hydrogens (tertiary/aromatic N) is 1. The lowest BCUT2D eigenvalue weighted by Gasteiger charge is -2.36. The number of hydrogen-bond acceptors (Lipinski definition) is 3. The van der Waals surface area contributed by atoms with Crippen molar-refractivity contribution in [2.24, 2.45) is 0 Å². The molecule has 0 radical (unpaired) electrons. The SMILES string of the molecule is CCCCCCCCCCCc1ccccc1OC(CC)COC(=O)C(CCC)[N+](C)(C)Cc1ccccc1. The molecule has 0 aromatic heterocycles. The number of ether oxygens (including phenoxy) is 2. The lowest BCUT2D eigenvalue weighted by Crippen LogP contribution is -2.53. The van der Waals surface area contributed by atoms with E-state index < -0.39 is 0 Å². The highest BCUT2D eigenvalue weighted by atomic mass is 16.6. The Balaban J connectivity index is 1.86. The van der Waals surface area contributed by atoms with Crippen molar-refractivity contribution in [2.75, 3.05) is 20.7 Å². The smallest absolute Gasteiger partial charge is 0.365 e. The van der Waals surface area contributed by atoms with Gasteiger partial charge < -0.3 is 14.0 Å². The predicted octanol–water partition coefficient (Wildman–Crippen LogP) is 8.91. The van der Waals surface area contributed by atoms with Gasteiger partial charge in [0.05, 0.1) is 14.1 Å². The van der Waals surface area contributed by atoms with Crippen LogP contribution in [0, 0.1) is 0 Å². The summed E-state index contributed by atoms with van der Waals surface area (Å²) < 4.78 is 12.9. The third-order valence-corrected chi connectivity index (χ3v) is 7.79. The van der Waals surface area contributed by atoms with Crippen molar-refractivity contribution in [3.05, 3.63) is 65.7 Å². The van der Waals surface area contributed by atoms with E-state index in [1.54, 1.807) is 0 Å². The average Bonchev–Trinajstić information content (AvgIpc) is 2.93. The molecule has 0 heterocycles. The summed E-state index contributed by atoms with van der Waals surface area (Å²) in [6.07, 6.45) is 15.4. The molecule has 0 spiro atoms. The molecule has 218 valence electrons. The number of carbonyl (C=O) groups is 1. The van der Waals surface area contributed by atoms with Crippen LogP contribution in [0.2, 0.25) is 0 Å². The van der Waals surface area contributed by atoms with Crippen LogP contribution in [0.4, 0.5) is 0 Å². The number of aryl methyl sites for hydroxylation is 1. The van der Waals surface area contributed by atoms with E-state index in [1.807, 2.05) is 12.1 Å². The maximum absolute atomic E-state index is 13.3. The molecule has 0 aliphatic heterocycles. The van der Waals surface area contributed by atoms with E-state index in [1.165, 1.54) is 68.9 Å². The average molecular weight is 539 g/mol. The number of rotatable bonds is 21. The van der Waals surface area contributed by atoms with Crippen LogP contribution in [-0.2, 0) is 22.5 Å². The van der Waals surface area contributed by atoms with Gasteiger partial charge in [-0.2, -0.15) is 0 Å². The van der Waals surface area contributed by atoms with Gasteiger partial charge in [-0.1, -0.05) is 121 Å². The second-order valence-electron chi connectivity index (χ2n) is 11.7. The van der Waals surface area contributed by atoms with E-state index in [0.29, 0.717) is 4.48 Å². The minimum atomic E-state index is -0.202. The van der Waals surface area contributed by atoms with Gasteiger partial charge in [-0.25, -0.2) is 4.79 Å². The van der Waals surface area contributed by atoms with E-state index in [4.69, 9.17) is 9.47 Å². The van der Waals surface area contributed by atoms with E-state index in [9.17, 15) is 4.79 Å². The summed E-state index contributed by atoms with van der Waals surface area (Å²) in [5, 5.41) is 0. The normalized spacial score (nSPS) is 13.2. The molecule has 4 heteroatoms. The third kappa shape index (κ3) is 12.6. The molecule has 0 aliphatic rings. The zero-order valence-electron chi connectivity index (χ0n) is 25.6. The van der Waals surface area contributed by atoms with Crippen LogP contribution in [-0.4, -0.2) is 43.3 Å². The van der Waals surface area contributed by atoms with Gasteiger partial charge in [0.15, 0.2) is 6.04 Å². The summed E-state index contributed by atoms with van der Waals surface area (Å²) in [4.78, 5) is 13.3. The number of esters is 1. The number of unbranched alkanes of at least 4 members (excludes halogenated alkanes) is 8. The maximum atomic E-state index is 13.3. The third-order valence-electron chi connectivity index (χ3n) is 7.79.